The summed E-state index contributed by atoms with van der Waals surface area (Å²) in [6, 6.07) is 2.40. The quantitative estimate of drug-likeness (QED) is 0.442. The van der Waals surface area contributed by atoms with Crippen molar-refractivity contribution in [2.45, 2.75) is 11.3 Å². The molecule has 0 saturated heterocycles. The summed E-state index contributed by atoms with van der Waals surface area (Å²) in [6.07, 6.45) is 0.439. The minimum absolute atomic E-state index is 0.122. The Balaban J connectivity index is 2.97. The van der Waals surface area contributed by atoms with Crippen molar-refractivity contribution in [3.05, 3.63) is 34.1 Å². The van der Waals surface area contributed by atoms with Crippen LogP contribution in [0.25, 0.3) is 0 Å². The maximum atomic E-state index is 13.3. The highest BCUT2D eigenvalue weighted by atomic mass is 32.2. The molecule has 0 aliphatic carbocycles. The minimum atomic E-state index is -3.87. The van der Waals surface area contributed by atoms with Crippen LogP contribution in [0.15, 0.2) is 23.1 Å². The Labute approximate surface area is 103 Å². The number of hydrogen-bond donors (Lipinski definition) is 2. The largest absolute Gasteiger partial charge is 0.330 e. The molecule has 100 valence electrons. The summed E-state index contributed by atoms with van der Waals surface area (Å²) in [5.41, 5.74) is 4.44. The molecule has 1 aromatic rings. The summed E-state index contributed by atoms with van der Waals surface area (Å²) < 4.78 is 38.8. The van der Waals surface area contributed by atoms with Gasteiger partial charge in [0.05, 0.1) is 9.82 Å². The fraction of sp³-hybridized carbons (Fsp3) is 0.333. The first kappa shape index (κ1) is 14.5. The number of nitro groups is 1. The number of hydrogen-bond acceptors (Lipinski definition) is 5. The van der Waals surface area contributed by atoms with Crippen LogP contribution in [-0.4, -0.2) is 26.4 Å². The van der Waals surface area contributed by atoms with Gasteiger partial charge in [-0.15, -0.1) is 0 Å². The van der Waals surface area contributed by atoms with Crippen molar-refractivity contribution < 1.29 is 17.7 Å². The summed E-state index contributed by atoms with van der Waals surface area (Å²) in [7, 11) is -3.87. The van der Waals surface area contributed by atoms with E-state index >= 15 is 0 Å². The van der Waals surface area contributed by atoms with E-state index in [9.17, 15) is 22.9 Å². The molecule has 9 heteroatoms. The van der Waals surface area contributed by atoms with Gasteiger partial charge in [-0.25, -0.2) is 13.1 Å². The lowest BCUT2D eigenvalue weighted by Crippen LogP contribution is -2.26. The Morgan fingerprint density at radius 2 is 2.11 bits per heavy atom. The standard InChI is InChI=1S/C9H12FN3O4S/c10-8-6-7(2-3-9(8)13(14)15)18(16,17)12-5-1-4-11/h2-3,6,12H,1,4-5,11H2. The zero-order chi connectivity index (χ0) is 13.8. The van der Waals surface area contributed by atoms with Gasteiger partial charge in [-0.3, -0.25) is 10.1 Å². The normalized spacial score (nSPS) is 11.4. The van der Waals surface area contributed by atoms with Crippen molar-refractivity contribution in [1.82, 2.24) is 4.72 Å². The summed E-state index contributed by atoms with van der Waals surface area (Å²) in [5.74, 6) is -1.19. The second kappa shape index (κ2) is 5.85. The molecular weight excluding hydrogens is 265 g/mol. The van der Waals surface area contributed by atoms with Gasteiger partial charge in [-0.05, 0) is 19.0 Å². The zero-order valence-electron chi connectivity index (χ0n) is 9.30. The molecule has 3 N–H and O–H groups in total. The number of nitrogens with one attached hydrogen (secondary N) is 1. The van der Waals surface area contributed by atoms with Crippen molar-refractivity contribution >= 4 is 15.7 Å². The lowest BCUT2D eigenvalue weighted by atomic mass is 10.3. The Kier molecular flexibility index (Phi) is 4.70. The molecule has 1 rings (SSSR count). The van der Waals surface area contributed by atoms with E-state index in [2.05, 4.69) is 4.72 Å². The third-order valence-electron chi connectivity index (χ3n) is 2.10. The van der Waals surface area contributed by atoms with Crippen LogP contribution >= 0.6 is 0 Å². The number of nitrogens with zero attached hydrogens (tertiary/aromatic N) is 1. The van der Waals surface area contributed by atoms with Gasteiger partial charge in [0, 0.05) is 18.7 Å². The molecule has 0 unspecified atom stereocenters. The van der Waals surface area contributed by atoms with Crippen LogP contribution < -0.4 is 10.5 Å². The van der Waals surface area contributed by atoms with Crippen LogP contribution in [0.2, 0.25) is 0 Å². The van der Waals surface area contributed by atoms with Crippen LogP contribution in [0.5, 0.6) is 0 Å². The summed E-state index contributed by atoms with van der Waals surface area (Å²) in [6.45, 7) is 0.439. The summed E-state index contributed by atoms with van der Waals surface area (Å²) in [5, 5.41) is 10.4. The Bertz CT molecular complexity index is 547. The van der Waals surface area contributed by atoms with Crippen molar-refractivity contribution in [2.24, 2.45) is 5.73 Å². The molecule has 0 aliphatic heterocycles. The number of halogens is 1. The Hall–Kier alpha value is -1.58. The molecule has 0 amide bonds. The van der Waals surface area contributed by atoms with E-state index in [4.69, 9.17) is 5.73 Å². The molecule has 0 aliphatic rings. The topological polar surface area (TPSA) is 115 Å². The van der Waals surface area contributed by atoms with Gasteiger partial charge in [0.1, 0.15) is 0 Å². The smallest absolute Gasteiger partial charge is 0.304 e. The predicted octanol–water partition coefficient (Wildman–Crippen LogP) is 0.361. The van der Waals surface area contributed by atoms with E-state index in [1.165, 1.54) is 0 Å². The van der Waals surface area contributed by atoms with E-state index in [-0.39, 0.29) is 11.4 Å². The highest BCUT2D eigenvalue weighted by molar-refractivity contribution is 7.89. The fourth-order valence-electron chi connectivity index (χ4n) is 1.19. The third kappa shape index (κ3) is 3.45. The molecule has 0 spiro atoms. The number of nitro benzene ring substituents is 1. The molecule has 0 aromatic heterocycles. The minimum Gasteiger partial charge on any atom is -0.330 e. The van der Waals surface area contributed by atoms with Crippen LogP contribution in [-0.2, 0) is 10.0 Å². The summed E-state index contributed by atoms with van der Waals surface area (Å²) >= 11 is 0. The van der Waals surface area contributed by atoms with E-state index in [1.807, 2.05) is 0 Å². The second-order valence-electron chi connectivity index (χ2n) is 3.41. The lowest BCUT2D eigenvalue weighted by Gasteiger charge is -2.06. The first-order chi connectivity index (χ1) is 8.38. The van der Waals surface area contributed by atoms with Gasteiger partial charge in [-0.1, -0.05) is 0 Å². The van der Waals surface area contributed by atoms with E-state index in [1.54, 1.807) is 0 Å². The zero-order valence-corrected chi connectivity index (χ0v) is 10.1. The van der Waals surface area contributed by atoms with Gasteiger partial charge in [0.25, 0.3) is 0 Å². The van der Waals surface area contributed by atoms with Crippen molar-refractivity contribution in [1.29, 1.82) is 0 Å². The average molecular weight is 277 g/mol. The van der Waals surface area contributed by atoms with Gasteiger partial charge >= 0.3 is 5.69 Å². The Morgan fingerprint density at radius 1 is 1.44 bits per heavy atom. The van der Waals surface area contributed by atoms with Crippen molar-refractivity contribution in [2.75, 3.05) is 13.1 Å². The molecule has 0 fully saturated rings. The number of nitrogens with two attached hydrogens (primary N) is 1. The lowest BCUT2D eigenvalue weighted by molar-refractivity contribution is -0.387. The predicted molar refractivity (Wildman–Crippen MR) is 61.9 cm³/mol. The molecule has 0 radical (unpaired) electrons. The van der Waals surface area contributed by atoms with Crippen LogP contribution in [0.1, 0.15) is 6.42 Å². The van der Waals surface area contributed by atoms with Crippen LogP contribution in [0.4, 0.5) is 10.1 Å². The van der Waals surface area contributed by atoms with Crippen molar-refractivity contribution in [3.63, 3.8) is 0 Å². The first-order valence-corrected chi connectivity index (χ1v) is 6.50. The summed E-state index contributed by atoms with van der Waals surface area (Å²) in [4.78, 5) is 9.10. The highest BCUT2D eigenvalue weighted by Gasteiger charge is 2.20. The van der Waals surface area contributed by atoms with E-state index in [0.29, 0.717) is 19.0 Å². The second-order valence-corrected chi connectivity index (χ2v) is 5.18. The van der Waals surface area contributed by atoms with Gasteiger partial charge in [-0.2, -0.15) is 4.39 Å². The molecule has 0 heterocycles. The molecule has 0 atom stereocenters. The van der Waals surface area contributed by atoms with E-state index in [0.717, 1.165) is 12.1 Å². The van der Waals surface area contributed by atoms with Gasteiger partial charge < -0.3 is 5.73 Å². The highest BCUT2D eigenvalue weighted by Crippen LogP contribution is 2.20. The molecule has 0 bridgehead atoms. The maximum Gasteiger partial charge on any atom is 0.304 e. The number of rotatable bonds is 6. The first-order valence-electron chi connectivity index (χ1n) is 5.02. The number of benzene rings is 1. The maximum absolute atomic E-state index is 13.3. The fourth-order valence-corrected chi connectivity index (χ4v) is 2.28. The molecule has 1 aromatic carbocycles. The monoisotopic (exact) mass is 277 g/mol. The van der Waals surface area contributed by atoms with Crippen LogP contribution in [0, 0.1) is 15.9 Å². The van der Waals surface area contributed by atoms with Crippen molar-refractivity contribution in [3.8, 4) is 0 Å². The molecular formula is C9H12FN3O4S. The van der Waals surface area contributed by atoms with Gasteiger partial charge in [0.15, 0.2) is 0 Å². The van der Waals surface area contributed by atoms with Gasteiger partial charge in [0.2, 0.25) is 15.8 Å². The molecule has 18 heavy (non-hydrogen) atoms. The third-order valence-corrected chi connectivity index (χ3v) is 3.56. The van der Waals surface area contributed by atoms with Crippen LogP contribution in [0.3, 0.4) is 0 Å². The number of sulfonamides is 1. The average Bonchev–Trinajstić information content (AvgIpc) is 2.28. The molecule has 0 saturated carbocycles. The molecule has 7 nitrogen and oxygen atoms in total. The SMILES string of the molecule is NCCCNS(=O)(=O)c1ccc([N+](=O)[O-])c(F)c1. The van der Waals surface area contributed by atoms with E-state index < -0.39 is 26.5 Å². The Morgan fingerprint density at radius 3 is 2.61 bits per heavy atom.